The fourth-order valence-corrected chi connectivity index (χ4v) is 4.06. The maximum Gasteiger partial charge on any atom is 0.295 e. The highest BCUT2D eigenvalue weighted by Crippen LogP contribution is 2.40. The molecule has 1 N–H and O–H groups in total. The standard InChI is InChI=1S/C26H31NO3/c1-5-7-8-15-27-23(20-13-11-19(6-2)12-14-20)22(25(29)26(27)30)24(28)21-16-17(3)9-10-18(21)4/h9-14,16,23,28H,5-8,15H2,1-4H3/b24-22+. The smallest absolute Gasteiger partial charge is 0.295 e. The number of hydrogen-bond donors (Lipinski definition) is 1. The van der Waals surface area contributed by atoms with E-state index in [0.29, 0.717) is 12.1 Å². The number of carbonyl (C=O) groups is 2. The summed E-state index contributed by atoms with van der Waals surface area (Å²) in [5.41, 5.74) is 4.70. The number of aliphatic hydroxyl groups excluding tert-OH is 1. The Morgan fingerprint density at radius 2 is 1.70 bits per heavy atom. The minimum atomic E-state index is -0.602. The van der Waals surface area contributed by atoms with Crippen LogP contribution in [0.4, 0.5) is 0 Å². The number of benzene rings is 2. The summed E-state index contributed by atoms with van der Waals surface area (Å²) in [6.07, 6.45) is 3.76. The highest BCUT2D eigenvalue weighted by molar-refractivity contribution is 6.46. The van der Waals surface area contributed by atoms with Crippen LogP contribution in [0.2, 0.25) is 0 Å². The summed E-state index contributed by atoms with van der Waals surface area (Å²) in [6, 6.07) is 13.2. The Kier molecular flexibility index (Phi) is 6.76. The summed E-state index contributed by atoms with van der Waals surface area (Å²) in [6.45, 7) is 8.54. The molecule has 0 saturated carbocycles. The normalized spacial score (nSPS) is 18.3. The summed E-state index contributed by atoms with van der Waals surface area (Å²) in [7, 11) is 0. The molecule has 158 valence electrons. The molecule has 2 aromatic carbocycles. The van der Waals surface area contributed by atoms with Gasteiger partial charge < -0.3 is 10.0 Å². The highest BCUT2D eigenvalue weighted by Gasteiger charge is 2.45. The third kappa shape index (κ3) is 4.18. The van der Waals surface area contributed by atoms with Gasteiger partial charge in [0, 0.05) is 12.1 Å². The zero-order valence-corrected chi connectivity index (χ0v) is 18.4. The average Bonchev–Trinajstić information content (AvgIpc) is 3.00. The molecule has 1 aliphatic heterocycles. The molecule has 1 aliphatic rings. The molecule has 2 aromatic rings. The molecule has 4 heteroatoms. The van der Waals surface area contributed by atoms with Crippen molar-refractivity contribution in [1.29, 1.82) is 0 Å². The molecule has 30 heavy (non-hydrogen) atoms. The first kappa shape index (κ1) is 21.8. The SMILES string of the molecule is CCCCCN1C(=O)C(=O)/C(=C(/O)c2cc(C)ccc2C)C1c1ccc(CC)cc1. The number of aryl methyl sites for hydroxylation is 3. The summed E-state index contributed by atoms with van der Waals surface area (Å²) >= 11 is 0. The maximum atomic E-state index is 13.1. The Balaban J connectivity index is 2.15. The molecule has 1 amide bonds. The molecule has 0 spiro atoms. The summed E-state index contributed by atoms with van der Waals surface area (Å²) in [5, 5.41) is 11.2. The zero-order valence-electron chi connectivity index (χ0n) is 18.4. The van der Waals surface area contributed by atoms with Crippen LogP contribution in [0, 0.1) is 13.8 Å². The average molecular weight is 406 g/mol. The number of rotatable bonds is 7. The van der Waals surface area contributed by atoms with Crippen molar-refractivity contribution in [2.24, 2.45) is 0 Å². The van der Waals surface area contributed by atoms with Gasteiger partial charge in [-0.25, -0.2) is 0 Å². The minimum Gasteiger partial charge on any atom is -0.507 e. The molecule has 1 fully saturated rings. The van der Waals surface area contributed by atoms with Crippen LogP contribution in [0.3, 0.4) is 0 Å². The van der Waals surface area contributed by atoms with Crippen LogP contribution >= 0.6 is 0 Å². The van der Waals surface area contributed by atoms with Crippen LogP contribution in [-0.2, 0) is 16.0 Å². The van der Waals surface area contributed by atoms with Gasteiger partial charge in [0.05, 0.1) is 11.6 Å². The number of likely N-dealkylation sites (tertiary alicyclic amines) is 1. The van der Waals surface area contributed by atoms with Crippen molar-refractivity contribution in [2.75, 3.05) is 6.54 Å². The molecule has 1 heterocycles. The van der Waals surface area contributed by atoms with Gasteiger partial charge in [0.25, 0.3) is 11.7 Å². The number of hydrogen-bond acceptors (Lipinski definition) is 3. The predicted octanol–water partition coefficient (Wildman–Crippen LogP) is 5.48. The molecule has 1 atom stereocenters. The van der Waals surface area contributed by atoms with Crippen molar-refractivity contribution in [2.45, 2.75) is 59.4 Å². The molecular weight excluding hydrogens is 374 g/mol. The second-order valence-electron chi connectivity index (χ2n) is 8.11. The molecule has 4 nitrogen and oxygen atoms in total. The van der Waals surface area contributed by atoms with Crippen LogP contribution in [-0.4, -0.2) is 28.2 Å². The number of amides is 1. The van der Waals surface area contributed by atoms with E-state index in [9.17, 15) is 14.7 Å². The van der Waals surface area contributed by atoms with E-state index in [0.717, 1.165) is 42.4 Å². The van der Waals surface area contributed by atoms with E-state index in [2.05, 4.69) is 13.8 Å². The lowest BCUT2D eigenvalue weighted by atomic mass is 9.92. The fraction of sp³-hybridized carbons (Fsp3) is 0.385. The van der Waals surface area contributed by atoms with Gasteiger partial charge in [0.15, 0.2) is 0 Å². The van der Waals surface area contributed by atoms with Gasteiger partial charge in [-0.1, -0.05) is 68.7 Å². The lowest BCUT2D eigenvalue weighted by Gasteiger charge is -2.25. The Hall–Kier alpha value is -2.88. The number of nitrogens with zero attached hydrogens (tertiary/aromatic N) is 1. The van der Waals surface area contributed by atoms with E-state index >= 15 is 0 Å². The van der Waals surface area contributed by atoms with Crippen molar-refractivity contribution in [1.82, 2.24) is 4.90 Å². The van der Waals surface area contributed by atoms with Crippen LogP contribution in [0.1, 0.15) is 67.0 Å². The summed E-state index contributed by atoms with van der Waals surface area (Å²) in [5.74, 6) is -1.21. The summed E-state index contributed by atoms with van der Waals surface area (Å²) in [4.78, 5) is 27.6. The molecule has 0 aromatic heterocycles. The Bertz CT molecular complexity index is 972. The van der Waals surface area contributed by atoms with Gasteiger partial charge in [-0.3, -0.25) is 9.59 Å². The Morgan fingerprint density at radius 1 is 1.00 bits per heavy atom. The number of Topliss-reactive ketones (excluding diaryl/α,β-unsaturated/α-hetero) is 1. The lowest BCUT2D eigenvalue weighted by molar-refractivity contribution is -0.139. The first-order valence-electron chi connectivity index (χ1n) is 10.8. The Morgan fingerprint density at radius 3 is 2.33 bits per heavy atom. The molecule has 1 saturated heterocycles. The van der Waals surface area contributed by atoms with Crippen molar-refractivity contribution < 1.29 is 14.7 Å². The van der Waals surface area contributed by atoms with Crippen LogP contribution in [0.15, 0.2) is 48.0 Å². The lowest BCUT2D eigenvalue weighted by Crippen LogP contribution is -2.30. The van der Waals surface area contributed by atoms with Gasteiger partial charge in [-0.15, -0.1) is 0 Å². The number of carbonyl (C=O) groups excluding carboxylic acids is 2. The molecular formula is C26H31NO3. The van der Waals surface area contributed by atoms with E-state index in [4.69, 9.17) is 0 Å². The van der Waals surface area contributed by atoms with E-state index in [1.165, 1.54) is 5.56 Å². The molecule has 0 aliphatic carbocycles. The quantitative estimate of drug-likeness (QED) is 0.287. The first-order chi connectivity index (χ1) is 14.4. The maximum absolute atomic E-state index is 13.1. The number of unbranched alkanes of at least 4 members (excludes halogenated alkanes) is 2. The molecule has 1 unspecified atom stereocenters. The van der Waals surface area contributed by atoms with Crippen LogP contribution < -0.4 is 0 Å². The van der Waals surface area contributed by atoms with Crippen molar-refractivity contribution >= 4 is 17.4 Å². The van der Waals surface area contributed by atoms with Gasteiger partial charge in [-0.2, -0.15) is 0 Å². The van der Waals surface area contributed by atoms with Gasteiger partial charge in [0.1, 0.15) is 5.76 Å². The van der Waals surface area contributed by atoms with E-state index in [1.807, 2.05) is 56.3 Å². The van der Waals surface area contributed by atoms with E-state index < -0.39 is 17.7 Å². The molecule has 3 rings (SSSR count). The topological polar surface area (TPSA) is 57.6 Å². The number of aliphatic hydroxyl groups is 1. The minimum absolute atomic E-state index is 0.0860. The molecule has 0 radical (unpaired) electrons. The van der Waals surface area contributed by atoms with Gasteiger partial charge in [-0.05, 0) is 49.4 Å². The second kappa shape index (κ2) is 9.29. The number of ketones is 1. The highest BCUT2D eigenvalue weighted by atomic mass is 16.3. The van der Waals surface area contributed by atoms with Gasteiger partial charge >= 0.3 is 0 Å². The predicted molar refractivity (Wildman–Crippen MR) is 120 cm³/mol. The van der Waals surface area contributed by atoms with Crippen LogP contribution in [0.5, 0.6) is 0 Å². The third-order valence-electron chi connectivity index (χ3n) is 5.89. The van der Waals surface area contributed by atoms with E-state index in [-0.39, 0.29) is 11.3 Å². The fourth-order valence-electron chi connectivity index (χ4n) is 4.06. The van der Waals surface area contributed by atoms with Crippen molar-refractivity contribution in [3.05, 3.63) is 75.9 Å². The summed E-state index contributed by atoms with van der Waals surface area (Å²) < 4.78 is 0. The largest absolute Gasteiger partial charge is 0.507 e. The van der Waals surface area contributed by atoms with E-state index in [1.54, 1.807) is 4.90 Å². The monoisotopic (exact) mass is 405 g/mol. The second-order valence-corrected chi connectivity index (χ2v) is 8.11. The third-order valence-corrected chi connectivity index (χ3v) is 5.89. The molecule has 0 bridgehead atoms. The zero-order chi connectivity index (χ0) is 21.8. The van der Waals surface area contributed by atoms with Crippen molar-refractivity contribution in [3.63, 3.8) is 0 Å². The first-order valence-corrected chi connectivity index (χ1v) is 10.8. The Labute approximate surface area is 179 Å². The van der Waals surface area contributed by atoms with Crippen LogP contribution in [0.25, 0.3) is 5.76 Å². The van der Waals surface area contributed by atoms with Gasteiger partial charge in [0.2, 0.25) is 0 Å². The van der Waals surface area contributed by atoms with Crippen molar-refractivity contribution in [3.8, 4) is 0 Å².